The molecule has 3 N–H and O–H groups in total. The van der Waals surface area contributed by atoms with Gasteiger partial charge < -0.3 is 5.73 Å². The summed E-state index contributed by atoms with van der Waals surface area (Å²) in [6.45, 7) is 6.13. The predicted molar refractivity (Wildman–Crippen MR) is 74.6 cm³/mol. The minimum absolute atomic E-state index is 0.217. The highest BCUT2D eigenvalue weighted by Crippen LogP contribution is 2.29. The average Bonchev–Trinajstić information content (AvgIpc) is 2.59. The van der Waals surface area contributed by atoms with Crippen LogP contribution in [0.2, 0.25) is 0 Å². The van der Waals surface area contributed by atoms with Gasteiger partial charge in [-0.15, -0.1) is 11.3 Å². The first-order chi connectivity index (χ1) is 7.68. The summed E-state index contributed by atoms with van der Waals surface area (Å²) in [6.07, 6.45) is 0. The van der Waals surface area contributed by atoms with Crippen molar-refractivity contribution in [1.82, 2.24) is 4.72 Å². The Bertz CT molecular complexity index is 477. The van der Waals surface area contributed by atoms with E-state index in [4.69, 9.17) is 5.73 Å². The van der Waals surface area contributed by atoms with Crippen molar-refractivity contribution in [2.45, 2.75) is 31.0 Å². The number of rotatable bonds is 4. The summed E-state index contributed by atoms with van der Waals surface area (Å²) < 4.78 is 27.8. The number of nitrogens with two attached hydrogens (primary N) is 1. The third kappa shape index (κ3) is 3.75. The van der Waals surface area contributed by atoms with E-state index in [2.05, 4.69) is 20.7 Å². The van der Waals surface area contributed by atoms with Gasteiger partial charge in [-0.2, -0.15) is 0 Å². The van der Waals surface area contributed by atoms with Crippen LogP contribution in [0.4, 0.5) is 0 Å². The van der Waals surface area contributed by atoms with Gasteiger partial charge in [0.05, 0.1) is 0 Å². The summed E-state index contributed by atoms with van der Waals surface area (Å²) in [4.78, 5) is 0. The van der Waals surface area contributed by atoms with E-state index in [0.717, 1.165) is 0 Å². The number of hydrogen-bond donors (Lipinski definition) is 2. The van der Waals surface area contributed by atoms with Crippen molar-refractivity contribution >= 4 is 37.3 Å². The second kappa shape index (κ2) is 5.36. The maximum Gasteiger partial charge on any atom is 0.251 e. The van der Waals surface area contributed by atoms with Crippen LogP contribution in [-0.2, 0) is 10.0 Å². The molecule has 0 aliphatic rings. The van der Waals surface area contributed by atoms with E-state index >= 15 is 0 Å². The molecule has 1 aromatic heterocycles. The molecule has 1 atom stereocenters. The number of sulfonamides is 1. The highest BCUT2D eigenvalue weighted by molar-refractivity contribution is 9.10. The van der Waals surface area contributed by atoms with E-state index in [1.807, 2.05) is 20.8 Å². The molecule has 0 saturated heterocycles. The Morgan fingerprint density at radius 3 is 2.47 bits per heavy atom. The van der Waals surface area contributed by atoms with Crippen molar-refractivity contribution in [3.8, 4) is 0 Å². The molecule has 0 amide bonds. The fourth-order valence-corrected chi connectivity index (χ4v) is 5.10. The molecule has 0 aliphatic heterocycles. The first kappa shape index (κ1) is 15.1. The van der Waals surface area contributed by atoms with Gasteiger partial charge in [0.1, 0.15) is 4.21 Å². The molecule has 1 heterocycles. The fraction of sp³-hybridized carbons (Fsp3) is 0.600. The Morgan fingerprint density at radius 2 is 2.12 bits per heavy atom. The number of nitrogens with one attached hydrogen (secondary N) is 1. The molecular weight excluding hydrogens is 324 g/mol. The molecule has 1 rings (SSSR count). The van der Waals surface area contributed by atoms with Crippen molar-refractivity contribution in [2.24, 2.45) is 11.1 Å². The summed E-state index contributed by atoms with van der Waals surface area (Å²) in [5.74, 6) is 0. The first-order valence-corrected chi connectivity index (χ1v) is 8.29. The standard InChI is InChI=1S/C10H17BrN2O2S2/c1-10(2,3)8(6-12)13-17(14,15)9-7(11)4-5-16-9/h4-5,8,13H,6,12H2,1-3H3. The molecule has 0 aliphatic carbocycles. The van der Waals surface area contributed by atoms with Crippen molar-refractivity contribution in [1.29, 1.82) is 0 Å². The van der Waals surface area contributed by atoms with Crippen LogP contribution < -0.4 is 10.5 Å². The lowest BCUT2D eigenvalue weighted by atomic mass is 9.88. The lowest BCUT2D eigenvalue weighted by molar-refractivity contribution is 0.304. The summed E-state index contributed by atoms with van der Waals surface area (Å²) in [5.41, 5.74) is 5.41. The van der Waals surface area contributed by atoms with E-state index in [0.29, 0.717) is 8.68 Å². The lowest BCUT2D eigenvalue weighted by Gasteiger charge is -2.29. The zero-order chi connectivity index (χ0) is 13.3. The Morgan fingerprint density at radius 1 is 1.53 bits per heavy atom. The monoisotopic (exact) mass is 340 g/mol. The van der Waals surface area contributed by atoms with Gasteiger partial charge in [-0.3, -0.25) is 0 Å². The van der Waals surface area contributed by atoms with E-state index in [-0.39, 0.29) is 18.0 Å². The minimum Gasteiger partial charge on any atom is -0.329 e. The summed E-state index contributed by atoms with van der Waals surface area (Å²) in [6, 6.07) is 1.43. The van der Waals surface area contributed by atoms with E-state index < -0.39 is 10.0 Å². The molecule has 17 heavy (non-hydrogen) atoms. The lowest BCUT2D eigenvalue weighted by Crippen LogP contribution is -2.48. The van der Waals surface area contributed by atoms with Crippen molar-refractivity contribution in [2.75, 3.05) is 6.54 Å². The van der Waals surface area contributed by atoms with Crippen LogP contribution in [0.25, 0.3) is 0 Å². The molecule has 1 aromatic rings. The maximum absolute atomic E-state index is 12.1. The zero-order valence-corrected chi connectivity index (χ0v) is 13.2. The van der Waals surface area contributed by atoms with Crippen LogP contribution in [-0.4, -0.2) is 21.0 Å². The second-order valence-corrected chi connectivity index (χ2v) is 8.51. The van der Waals surface area contributed by atoms with E-state index in [9.17, 15) is 8.42 Å². The summed E-state index contributed by atoms with van der Waals surface area (Å²) in [5, 5.41) is 1.73. The predicted octanol–water partition coefficient (Wildman–Crippen LogP) is 2.16. The molecule has 0 radical (unpaired) electrons. The smallest absolute Gasteiger partial charge is 0.251 e. The third-order valence-corrected chi connectivity index (χ3v) is 6.55. The zero-order valence-electron chi connectivity index (χ0n) is 10.0. The summed E-state index contributed by atoms with van der Waals surface area (Å²) in [7, 11) is -3.50. The quantitative estimate of drug-likeness (QED) is 0.882. The van der Waals surface area contributed by atoms with Gasteiger partial charge in [0.15, 0.2) is 0 Å². The average molecular weight is 341 g/mol. The van der Waals surface area contributed by atoms with Gasteiger partial charge in [-0.25, -0.2) is 13.1 Å². The molecule has 1 unspecified atom stereocenters. The second-order valence-electron chi connectivity index (χ2n) is 4.83. The van der Waals surface area contributed by atoms with Gasteiger partial charge in [-0.05, 0) is 32.8 Å². The van der Waals surface area contributed by atoms with Crippen LogP contribution in [0.3, 0.4) is 0 Å². The Hall–Kier alpha value is 0.0500. The third-order valence-electron chi connectivity index (χ3n) is 2.41. The van der Waals surface area contributed by atoms with Gasteiger partial charge >= 0.3 is 0 Å². The molecule has 7 heteroatoms. The maximum atomic E-state index is 12.1. The first-order valence-electron chi connectivity index (χ1n) is 5.14. The molecule has 0 aromatic carbocycles. The van der Waals surface area contributed by atoms with Gasteiger partial charge in [0.25, 0.3) is 10.0 Å². The highest BCUT2D eigenvalue weighted by Gasteiger charge is 2.29. The van der Waals surface area contributed by atoms with Crippen LogP contribution >= 0.6 is 27.3 Å². The van der Waals surface area contributed by atoms with E-state index in [1.165, 1.54) is 11.3 Å². The molecule has 4 nitrogen and oxygen atoms in total. The Kier molecular flexibility index (Phi) is 4.76. The number of thiophene rings is 1. The fourth-order valence-electron chi connectivity index (χ4n) is 1.29. The SMILES string of the molecule is CC(C)(C)C(CN)NS(=O)(=O)c1sccc1Br. The summed E-state index contributed by atoms with van der Waals surface area (Å²) >= 11 is 4.41. The Labute approximate surface area is 115 Å². The number of hydrogen-bond acceptors (Lipinski definition) is 4. The Balaban J connectivity index is 2.98. The van der Waals surface area contributed by atoms with Gasteiger partial charge in [0.2, 0.25) is 0 Å². The molecular formula is C10H17BrN2O2S2. The topological polar surface area (TPSA) is 72.2 Å². The van der Waals surface area contributed by atoms with Crippen LogP contribution in [0.15, 0.2) is 20.1 Å². The van der Waals surface area contributed by atoms with Crippen LogP contribution in [0.1, 0.15) is 20.8 Å². The number of halogens is 1. The molecule has 0 saturated carbocycles. The van der Waals surface area contributed by atoms with Gasteiger partial charge in [-0.1, -0.05) is 20.8 Å². The van der Waals surface area contributed by atoms with Crippen molar-refractivity contribution < 1.29 is 8.42 Å². The normalized spacial score (nSPS) is 14.9. The molecule has 98 valence electrons. The molecule has 0 fully saturated rings. The van der Waals surface area contributed by atoms with Crippen molar-refractivity contribution in [3.63, 3.8) is 0 Å². The molecule has 0 spiro atoms. The van der Waals surface area contributed by atoms with Crippen LogP contribution in [0, 0.1) is 5.41 Å². The largest absolute Gasteiger partial charge is 0.329 e. The van der Waals surface area contributed by atoms with Crippen LogP contribution in [0.5, 0.6) is 0 Å². The minimum atomic E-state index is -3.50. The molecule has 0 bridgehead atoms. The van der Waals surface area contributed by atoms with Crippen molar-refractivity contribution in [3.05, 3.63) is 15.9 Å². The van der Waals surface area contributed by atoms with Gasteiger partial charge in [0, 0.05) is 17.1 Å². The highest BCUT2D eigenvalue weighted by atomic mass is 79.9. The van der Waals surface area contributed by atoms with E-state index in [1.54, 1.807) is 11.4 Å².